The summed E-state index contributed by atoms with van der Waals surface area (Å²) in [5.41, 5.74) is 0. The zero-order valence-corrected chi connectivity index (χ0v) is 13.0. The third-order valence-corrected chi connectivity index (χ3v) is 5.82. The number of ether oxygens (including phenoxy) is 1. The summed E-state index contributed by atoms with van der Waals surface area (Å²) < 4.78 is 28.7. The first kappa shape index (κ1) is 15.7. The highest BCUT2D eigenvalue weighted by atomic mass is 32.2. The fourth-order valence-electron chi connectivity index (χ4n) is 3.08. The van der Waals surface area contributed by atoms with Crippen molar-refractivity contribution in [2.45, 2.75) is 43.5 Å². The van der Waals surface area contributed by atoms with Crippen molar-refractivity contribution < 1.29 is 17.9 Å². The zero-order valence-electron chi connectivity index (χ0n) is 12.2. The van der Waals surface area contributed by atoms with E-state index in [9.17, 15) is 13.2 Å². The third kappa shape index (κ3) is 3.71. The molecule has 1 aliphatic heterocycles. The maximum Gasteiger partial charge on any atom is 0.239 e. The molecule has 0 spiro atoms. The molecule has 3 unspecified atom stereocenters. The smallest absolute Gasteiger partial charge is 0.239 e. The van der Waals surface area contributed by atoms with Crippen LogP contribution in [0.15, 0.2) is 0 Å². The summed E-state index contributed by atoms with van der Waals surface area (Å²) in [6, 6.07) is -0.453. The lowest BCUT2D eigenvalue weighted by Crippen LogP contribution is -2.53. The van der Waals surface area contributed by atoms with Gasteiger partial charge in [-0.05, 0) is 19.8 Å². The van der Waals surface area contributed by atoms with E-state index in [4.69, 9.17) is 4.74 Å². The molecule has 2 fully saturated rings. The number of nitrogens with one attached hydrogen (secondary N) is 1. The molecule has 1 aliphatic carbocycles. The van der Waals surface area contributed by atoms with Crippen molar-refractivity contribution in [2.24, 2.45) is 0 Å². The molecule has 116 valence electrons. The number of amides is 1. The van der Waals surface area contributed by atoms with Crippen LogP contribution in [0.1, 0.15) is 26.2 Å². The van der Waals surface area contributed by atoms with Crippen LogP contribution < -0.4 is 5.32 Å². The zero-order chi connectivity index (χ0) is 14.8. The van der Waals surface area contributed by atoms with Gasteiger partial charge < -0.3 is 15.0 Å². The van der Waals surface area contributed by atoms with Gasteiger partial charge in [-0.2, -0.15) is 0 Å². The molecule has 6 nitrogen and oxygen atoms in total. The Kier molecular flexibility index (Phi) is 5.04. The Balaban J connectivity index is 1.93. The Morgan fingerprint density at radius 3 is 2.55 bits per heavy atom. The van der Waals surface area contributed by atoms with E-state index >= 15 is 0 Å². The number of sulfone groups is 1. The van der Waals surface area contributed by atoms with E-state index in [1.807, 2.05) is 6.92 Å². The first-order valence-corrected chi connectivity index (χ1v) is 9.16. The first-order chi connectivity index (χ1) is 9.39. The van der Waals surface area contributed by atoms with Gasteiger partial charge >= 0.3 is 0 Å². The summed E-state index contributed by atoms with van der Waals surface area (Å²) >= 11 is 0. The second-order valence-corrected chi connectivity index (χ2v) is 8.00. The Morgan fingerprint density at radius 2 is 1.95 bits per heavy atom. The van der Waals surface area contributed by atoms with Crippen LogP contribution in [-0.4, -0.2) is 69.1 Å². The van der Waals surface area contributed by atoms with Crippen LogP contribution in [0.3, 0.4) is 0 Å². The molecule has 1 saturated heterocycles. The minimum absolute atomic E-state index is 0.0347. The van der Waals surface area contributed by atoms with Gasteiger partial charge in [-0.3, -0.25) is 4.79 Å². The minimum atomic E-state index is -3.06. The van der Waals surface area contributed by atoms with Crippen molar-refractivity contribution in [1.82, 2.24) is 10.2 Å². The van der Waals surface area contributed by atoms with E-state index in [0.29, 0.717) is 32.7 Å². The van der Waals surface area contributed by atoms with Gasteiger partial charge in [0.25, 0.3) is 0 Å². The summed E-state index contributed by atoms with van der Waals surface area (Å²) in [5.74, 6) is 0.0347. The van der Waals surface area contributed by atoms with Gasteiger partial charge in [-0.15, -0.1) is 0 Å². The van der Waals surface area contributed by atoms with Crippen LogP contribution in [-0.2, 0) is 19.4 Å². The Bertz CT molecular complexity index is 445. The van der Waals surface area contributed by atoms with Gasteiger partial charge in [0, 0.05) is 25.4 Å². The van der Waals surface area contributed by atoms with Crippen LogP contribution in [0, 0.1) is 0 Å². The van der Waals surface area contributed by atoms with Crippen molar-refractivity contribution in [2.75, 3.05) is 32.6 Å². The predicted octanol–water partition coefficient (Wildman–Crippen LogP) is -0.211. The Labute approximate surface area is 120 Å². The van der Waals surface area contributed by atoms with Crippen molar-refractivity contribution in [3.63, 3.8) is 0 Å². The first-order valence-electron chi connectivity index (χ1n) is 7.21. The highest BCUT2D eigenvalue weighted by Crippen LogP contribution is 2.25. The van der Waals surface area contributed by atoms with Crippen molar-refractivity contribution >= 4 is 15.7 Å². The lowest BCUT2D eigenvalue weighted by atomic mass is 10.2. The standard InChI is InChI=1S/C13H24N2O4S/c1-10(13(16)15-6-8-19-9-7-15)14-11-4-3-5-12(11)20(2,17)18/h10-12,14H,3-9H2,1-2H3. The molecule has 0 bridgehead atoms. The van der Waals surface area contributed by atoms with E-state index in [2.05, 4.69) is 5.32 Å². The molecule has 2 rings (SSSR count). The van der Waals surface area contributed by atoms with Crippen molar-refractivity contribution in [3.05, 3.63) is 0 Å². The van der Waals surface area contributed by atoms with Crippen LogP contribution >= 0.6 is 0 Å². The van der Waals surface area contributed by atoms with Gasteiger partial charge in [0.15, 0.2) is 9.84 Å². The molecule has 1 N–H and O–H groups in total. The third-order valence-electron chi connectivity index (χ3n) is 4.16. The summed E-state index contributed by atoms with van der Waals surface area (Å²) in [6.07, 6.45) is 3.69. The number of carbonyl (C=O) groups excluding carboxylic acids is 1. The van der Waals surface area contributed by atoms with E-state index in [-0.39, 0.29) is 23.2 Å². The Morgan fingerprint density at radius 1 is 1.30 bits per heavy atom. The van der Waals surface area contributed by atoms with Gasteiger partial charge in [0.05, 0.1) is 24.5 Å². The molecule has 1 amide bonds. The molecule has 0 aromatic carbocycles. The largest absolute Gasteiger partial charge is 0.378 e. The van der Waals surface area contributed by atoms with Crippen molar-refractivity contribution in [3.8, 4) is 0 Å². The molecular formula is C13H24N2O4S. The fraction of sp³-hybridized carbons (Fsp3) is 0.923. The molecule has 0 radical (unpaired) electrons. The molecular weight excluding hydrogens is 280 g/mol. The number of hydrogen-bond acceptors (Lipinski definition) is 5. The van der Waals surface area contributed by atoms with Gasteiger partial charge in [-0.1, -0.05) is 6.42 Å². The lowest BCUT2D eigenvalue weighted by Gasteiger charge is -2.31. The topological polar surface area (TPSA) is 75.7 Å². The van der Waals surface area contributed by atoms with Crippen LogP contribution in [0.5, 0.6) is 0 Å². The van der Waals surface area contributed by atoms with E-state index in [1.54, 1.807) is 4.90 Å². The quantitative estimate of drug-likeness (QED) is 0.778. The fourth-order valence-corrected chi connectivity index (χ4v) is 4.49. The maximum atomic E-state index is 12.3. The monoisotopic (exact) mass is 304 g/mol. The lowest BCUT2D eigenvalue weighted by molar-refractivity contribution is -0.137. The molecule has 0 aromatic heterocycles. The van der Waals surface area contributed by atoms with Crippen molar-refractivity contribution in [1.29, 1.82) is 0 Å². The maximum absolute atomic E-state index is 12.3. The SMILES string of the molecule is CC(NC1CCCC1S(C)(=O)=O)C(=O)N1CCOCC1. The second-order valence-electron chi connectivity index (χ2n) is 5.73. The van der Waals surface area contributed by atoms with E-state index in [1.165, 1.54) is 6.26 Å². The van der Waals surface area contributed by atoms with Gasteiger partial charge in [-0.25, -0.2) is 8.42 Å². The average molecular weight is 304 g/mol. The predicted molar refractivity (Wildman–Crippen MR) is 76.3 cm³/mol. The summed E-state index contributed by atoms with van der Waals surface area (Å²) in [4.78, 5) is 14.1. The minimum Gasteiger partial charge on any atom is -0.378 e. The van der Waals surface area contributed by atoms with Gasteiger partial charge in [0.2, 0.25) is 5.91 Å². The normalized spacial score (nSPS) is 29.4. The number of nitrogens with zero attached hydrogens (tertiary/aromatic N) is 1. The highest BCUT2D eigenvalue weighted by Gasteiger charge is 2.36. The molecule has 1 heterocycles. The van der Waals surface area contributed by atoms with Gasteiger partial charge in [0.1, 0.15) is 0 Å². The molecule has 3 atom stereocenters. The molecule has 1 saturated carbocycles. The number of rotatable bonds is 4. The van der Waals surface area contributed by atoms with Crippen LogP contribution in [0.25, 0.3) is 0 Å². The van der Waals surface area contributed by atoms with Crippen LogP contribution in [0.4, 0.5) is 0 Å². The van der Waals surface area contributed by atoms with E-state index in [0.717, 1.165) is 12.8 Å². The second kappa shape index (κ2) is 6.41. The number of carbonyl (C=O) groups is 1. The molecule has 20 heavy (non-hydrogen) atoms. The van der Waals surface area contributed by atoms with E-state index < -0.39 is 9.84 Å². The summed E-state index contributed by atoms with van der Waals surface area (Å²) in [7, 11) is -3.06. The average Bonchev–Trinajstić information content (AvgIpc) is 2.87. The summed E-state index contributed by atoms with van der Waals surface area (Å²) in [5, 5.41) is 2.86. The van der Waals surface area contributed by atoms with Crippen LogP contribution in [0.2, 0.25) is 0 Å². The Hall–Kier alpha value is -0.660. The molecule has 2 aliphatic rings. The number of hydrogen-bond donors (Lipinski definition) is 1. The molecule has 7 heteroatoms. The summed E-state index contributed by atoms with van der Waals surface area (Å²) in [6.45, 7) is 4.20. The highest BCUT2D eigenvalue weighted by molar-refractivity contribution is 7.91. The number of morpholine rings is 1. The molecule has 0 aromatic rings.